The molecule has 0 aliphatic rings. The standard InChI is InChI=1S/C21H22F3N7O3/c1-5-17(32)28-15-8-11(2)6-7-14(15)29-18-12(21(22,23)24)10-27-20(31-18)30-16(26-3)9-13(25)19(33)34-4/h5-10H,1,25H2,2-4H3,(H,28,32)(H2,26,27,29,30,31). The van der Waals surface area contributed by atoms with Crippen LogP contribution in [0.3, 0.4) is 0 Å². The van der Waals surface area contributed by atoms with E-state index in [-0.39, 0.29) is 28.9 Å². The van der Waals surface area contributed by atoms with Crippen LogP contribution in [-0.4, -0.2) is 41.8 Å². The number of rotatable bonds is 7. The average molecular weight is 477 g/mol. The van der Waals surface area contributed by atoms with Crippen molar-refractivity contribution in [3.05, 3.63) is 60.0 Å². The van der Waals surface area contributed by atoms with Crippen LogP contribution in [0.2, 0.25) is 0 Å². The number of aryl methyl sites for hydroxylation is 1. The molecule has 2 aromatic rings. The van der Waals surface area contributed by atoms with Crippen LogP contribution < -0.4 is 21.7 Å². The van der Waals surface area contributed by atoms with E-state index in [0.29, 0.717) is 6.20 Å². The lowest BCUT2D eigenvalue weighted by atomic mass is 10.1. The number of halogens is 3. The summed E-state index contributed by atoms with van der Waals surface area (Å²) in [5.74, 6) is -2.25. The second-order valence-electron chi connectivity index (χ2n) is 6.65. The Hall–Kier alpha value is -4.42. The Morgan fingerprint density at radius 3 is 2.53 bits per heavy atom. The molecule has 1 aromatic heterocycles. The molecule has 0 atom stereocenters. The van der Waals surface area contributed by atoms with Gasteiger partial charge in [0.15, 0.2) is 0 Å². The minimum absolute atomic E-state index is 0.0112. The number of esters is 1. The number of nitrogens with one attached hydrogen (secondary N) is 3. The van der Waals surface area contributed by atoms with Crippen LogP contribution in [0.4, 0.5) is 36.3 Å². The van der Waals surface area contributed by atoms with Crippen LogP contribution >= 0.6 is 0 Å². The highest BCUT2D eigenvalue weighted by Gasteiger charge is 2.35. The molecule has 0 radical (unpaired) electrons. The van der Waals surface area contributed by atoms with Gasteiger partial charge in [-0.1, -0.05) is 12.6 Å². The van der Waals surface area contributed by atoms with Gasteiger partial charge >= 0.3 is 12.1 Å². The van der Waals surface area contributed by atoms with Crippen molar-refractivity contribution in [1.82, 2.24) is 9.97 Å². The van der Waals surface area contributed by atoms with Crippen molar-refractivity contribution in [3.63, 3.8) is 0 Å². The number of aromatic nitrogens is 2. The maximum Gasteiger partial charge on any atom is 0.421 e. The van der Waals surface area contributed by atoms with Gasteiger partial charge in [0.2, 0.25) is 11.9 Å². The number of hydrogen-bond acceptors (Lipinski definition) is 8. The Morgan fingerprint density at radius 2 is 1.94 bits per heavy atom. The number of nitrogens with two attached hydrogens (primary N) is 1. The lowest BCUT2D eigenvalue weighted by molar-refractivity contribution is -0.137. The fourth-order valence-electron chi connectivity index (χ4n) is 2.52. The highest BCUT2D eigenvalue weighted by atomic mass is 19.4. The number of carbonyl (C=O) groups excluding carboxylic acids is 2. The van der Waals surface area contributed by atoms with Crippen LogP contribution in [0.15, 0.2) is 53.8 Å². The van der Waals surface area contributed by atoms with Crippen molar-refractivity contribution in [2.75, 3.05) is 30.1 Å². The van der Waals surface area contributed by atoms with Gasteiger partial charge in [0.1, 0.15) is 22.9 Å². The molecular weight excluding hydrogens is 455 g/mol. The summed E-state index contributed by atoms with van der Waals surface area (Å²) in [5, 5.41) is 7.70. The number of amides is 1. The zero-order valence-electron chi connectivity index (χ0n) is 18.4. The van der Waals surface area contributed by atoms with E-state index in [4.69, 9.17) is 5.73 Å². The topological polar surface area (TPSA) is 144 Å². The second kappa shape index (κ2) is 10.9. The van der Waals surface area contributed by atoms with E-state index in [1.807, 2.05) is 0 Å². The number of amidine groups is 1. The first kappa shape index (κ1) is 25.8. The van der Waals surface area contributed by atoms with Crippen LogP contribution in [0.5, 0.6) is 0 Å². The molecule has 0 aliphatic carbocycles. The lowest BCUT2D eigenvalue weighted by Gasteiger charge is -2.17. The van der Waals surface area contributed by atoms with E-state index >= 15 is 0 Å². The third kappa shape index (κ3) is 6.79. The van der Waals surface area contributed by atoms with Crippen LogP contribution in [0, 0.1) is 6.92 Å². The molecule has 0 fully saturated rings. The second-order valence-corrected chi connectivity index (χ2v) is 6.65. The molecule has 180 valence electrons. The number of alkyl halides is 3. The molecule has 1 heterocycles. The summed E-state index contributed by atoms with van der Waals surface area (Å²) < 4.78 is 45.3. The third-order valence-corrected chi connectivity index (χ3v) is 4.16. The van der Waals surface area contributed by atoms with E-state index < -0.39 is 29.4 Å². The van der Waals surface area contributed by atoms with Crippen molar-refractivity contribution in [3.8, 4) is 0 Å². The number of nitrogens with zero attached hydrogens (tertiary/aromatic N) is 3. The predicted molar refractivity (Wildman–Crippen MR) is 122 cm³/mol. The molecular formula is C21H22F3N7O3. The molecule has 1 aromatic carbocycles. The molecule has 0 bridgehead atoms. The number of anilines is 4. The fraction of sp³-hybridized carbons (Fsp3) is 0.190. The van der Waals surface area contributed by atoms with E-state index in [2.05, 4.69) is 42.2 Å². The summed E-state index contributed by atoms with van der Waals surface area (Å²) in [5.41, 5.74) is 5.24. The van der Waals surface area contributed by atoms with Gasteiger partial charge in [-0.2, -0.15) is 18.2 Å². The number of benzene rings is 1. The molecule has 34 heavy (non-hydrogen) atoms. The first-order chi connectivity index (χ1) is 16.0. The van der Waals surface area contributed by atoms with Gasteiger partial charge in [-0.15, -0.1) is 0 Å². The normalized spacial score (nSPS) is 12.1. The van der Waals surface area contributed by atoms with Gasteiger partial charge in [-0.3, -0.25) is 9.79 Å². The van der Waals surface area contributed by atoms with Crippen LogP contribution in [0.1, 0.15) is 11.1 Å². The highest BCUT2D eigenvalue weighted by Crippen LogP contribution is 2.36. The lowest BCUT2D eigenvalue weighted by Crippen LogP contribution is -2.20. The Kier molecular flexibility index (Phi) is 8.31. The van der Waals surface area contributed by atoms with Crippen molar-refractivity contribution < 1.29 is 27.5 Å². The first-order valence-electron chi connectivity index (χ1n) is 9.53. The molecule has 5 N–H and O–H groups in total. The number of hydrogen-bond donors (Lipinski definition) is 4. The monoisotopic (exact) mass is 477 g/mol. The molecule has 0 spiro atoms. The molecule has 1 amide bonds. The van der Waals surface area contributed by atoms with Crippen LogP contribution in [-0.2, 0) is 20.5 Å². The van der Waals surface area contributed by atoms with Crippen molar-refractivity contribution in [1.29, 1.82) is 0 Å². The summed E-state index contributed by atoms with van der Waals surface area (Å²) in [4.78, 5) is 34.7. The minimum atomic E-state index is -4.78. The van der Waals surface area contributed by atoms with E-state index in [1.54, 1.807) is 19.1 Å². The van der Waals surface area contributed by atoms with Gasteiger partial charge in [0.25, 0.3) is 0 Å². The van der Waals surface area contributed by atoms with E-state index in [0.717, 1.165) is 24.8 Å². The maximum absolute atomic E-state index is 13.6. The minimum Gasteiger partial charge on any atom is -0.464 e. The number of carbonyl (C=O) groups is 2. The van der Waals surface area contributed by atoms with Gasteiger partial charge < -0.3 is 26.4 Å². The van der Waals surface area contributed by atoms with E-state index in [1.165, 1.54) is 13.1 Å². The third-order valence-electron chi connectivity index (χ3n) is 4.16. The molecule has 2 rings (SSSR count). The number of aliphatic imine (C=N–C) groups is 1. The van der Waals surface area contributed by atoms with Gasteiger partial charge in [-0.05, 0) is 30.7 Å². The van der Waals surface area contributed by atoms with Crippen molar-refractivity contribution >= 4 is 40.9 Å². The molecule has 10 nitrogen and oxygen atoms in total. The SMILES string of the molecule is C=CC(=O)Nc1cc(C)ccc1Nc1nc(NC(C=C(N)C(=O)OC)=NC)ncc1C(F)(F)F. The Labute approximate surface area is 192 Å². The summed E-state index contributed by atoms with van der Waals surface area (Å²) in [6.07, 6.45) is -2.07. The number of methoxy groups -OCH3 is 1. The average Bonchev–Trinajstić information content (AvgIpc) is 2.78. The Morgan fingerprint density at radius 1 is 1.24 bits per heavy atom. The molecule has 0 unspecified atom stereocenters. The van der Waals surface area contributed by atoms with Gasteiger partial charge in [0.05, 0.1) is 18.5 Å². The fourth-order valence-corrected chi connectivity index (χ4v) is 2.52. The Balaban J connectivity index is 2.48. The van der Waals surface area contributed by atoms with Gasteiger partial charge in [-0.25, -0.2) is 9.78 Å². The zero-order valence-corrected chi connectivity index (χ0v) is 18.4. The summed E-state index contributed by atoms with van der Waals surface area (Å²) >= 11 is 0. The molecule has 0 saturated heterocycles. The highest BCUT2D eigenvalue weighted by molar-refractivity contribution is 6.07. The summed E-state index contributed by atoms with van der Waals surface area (Å²) in [7, 11) is 2.49. The molecule has 0 aliphatic heterocycles. The first-order valence-corrected chi connectivity index (χ1v) is 9.53. The van der Waals surface area contributed by atoms with Crippen molar-refractivity contribution in [2.45, 2.75) is 13.1 Å². The van der Waals surface area contributed by atoms with Crippen molar-refractivity contribution in [2.24, 2.45) is 10.7 Å². The quantitative estimate of drug-likeness (QED) is 0.206. The molecule has 0 saturated carbocycles. The predicted octanol–water partition coefficient (Wildman–Crippen LogP) is 3.13. The summed E-state index contributed by atoms with van der Waals surface area (Å²) in [6.45, 7) is 5.11. The van der Waals surface area contributed by atoms with Gasteiger partial charge in [0, 0.05) is 19.3 Å². The zero-order chi connectivity index (χ0) is 25.5. The van der Waals surface area contributed by atoms with Crippen LogP contribution in [0.25, 0.3) is 0 Å². The smallest absolute Gasteiger partial charge is 0.421 e. The summed E-state index contributed by atoms with van der Waals surface area (Å²) in [6, 6.07) is 4.70. The number of ether oxygens (including phenoxy) is 1. The maximum atomic E-state index is 13.6. The Bertz CT molecular complexity index is 1160. The van der Waals surface area contributed by atoms with E-state index in [9.17, 15) is 22.8 Å². The largest absolute Gasteiger partial charge is 0.464 e. The molecule has 13 heteroatoms.